The van der Waals surface area contributed by atoms with Crippen molar-refractivity contribution in [3.63, 3.8) is 0 Å². The van der Waals surface area contributed by atoms with Gasteiger partial charge in [0.15, 0.2) is 5.82 Å². The molecule has 0 saturated heterocycles. The lowest BCUT2D eigenvalue weighted by Gasteiger charge is -2.11. The molecule has 5 nitrogen and oxygen atoms in total. The monoisotopic (exact) mass is 351 g/mol. The van der Waals surface area contributed by atoms with Crippen LogP contribution in [-0.2, 0) is 7.05 Å². The number of rotatable bonds is 3. The zero-order valence-corrected chi connectivity index (χ0v) is 14.8. The van der Waals surface area contributed by atoms with Crippen LogP contribution in [0.5, 0.6) is 0 Å². The molecule has 0 atom stereocenters. The molecule has 0 amide bonds. The number of anilines is 2. The van der Waals surface area contributed by atoms with Gasteiger partial charge < -0.3 is 9.88 Å². The molecular formula is C22H17N5. The Labute approximate surface area is 156 Å². The van der Waals surface area contributed by atoms with Crippen molar-refractivity contribution in [2.75, 3.05) is 5.32 Å². The van der Waals surface area contributed by atoms with Gasteiger partial charge in [-0.15, -0.1) is 0 Å². The maximum Gasteiger partial charge on any atom is 0.162 e. The van der Waals surface area contributed by atoms with Gasteiger partial charge >= 0.3 is 0 Å². The second-order valence-electron chi connectivity index (χ2n) is 6.47. The predicted molar refractivity (Wildman–Crippen MR) is 109 cm³/mol. The van der Waals surface area contributed by atoms with E-state index in [0.29, 0.717) is 5.82 Å². The topological polar surface area (TPSA) is 55.6 Å². The number of pyridine rings is 1. The fourth-order valence-corrected chi connectivity index (χ4v) is 3.30. The summed E-state index contributed by atoms with van der Waals surface area (Å²) in [6.45, 7) is 0. The lowest BCUT2D eigenvalue weighted by Crippen LogP contribution is -1.99. The number of hydrogen-bond acceptors (Lipinski definition) is 4. The van der Waals surface area contributed by atoms with Gasteiger partial charge in [-0.25, -0.2) is 9.97 Å². The van der Waals surface area contributed by atoms with Crippen LogP contribution in [0.2, 0.25) is 0 Å². The van der Waals surface area contributed by atoms with Crippen LogP contribution in [-0.4, -0.2) is 19.5 Å². The van der Waals surface area contributed by atoms with Crippen molar-refractivity contribution in [1.29, 1.82) is 0 Å². The first-order valence-electron chi connectivity index (χ1n) is 8.77. The minimum atomic E-state index is 0.680. The normalized spacial score (nSPS) is 11.1. The third-order valence-electron chi connectivity index (χ3n) is 4.69. The van der Waals surface area contributed by atoms with Gasteiger partial charge in [-0.1, -0.05) is 12.1 Å². The molecule has 0 aliphatic carbocycles. The third-order valence-corrected chi connectivity index (χ3v) is 4.69. The van der Waals surface area contributed by atoms with Gasteiger partial charge in [0.25, 0.3) is 0 Å². The van der Waals surface area contributed by atoms with Crippen molar-refractivity contribution < 1.29 is 0 Å². The van der Waals surface area contributed by atoms with E-state index in [9.17, 15) is 0 Å². The Morgan fingerprint density at radius 1 is 0.889 bits per heavy atom. The van der Waals surface area contributed by atoms with E-state index >= 15 is 0 Å². The molecule has 3 heterocycles. The summed E-state index contributed by atoms with van der Waals surface area (Å²) in [5.74, 6) is 1.47. The molecule has 0 bridgehead atoms. The van der Waals surface area contributed by atoms with Gasteiger partial charge in [0.05, 0.1) is 5.52 Å². The molecule has 0 unspecified atom stereocenters. The van der Waals surface area contributed by atoms with Crippen molar-refractivity contribution in [3.8, 4) is 11.4 Å². The minimum absolute atomic E-state index is 0.680. The molecule has 1 N–H and O–H groups in total. The highest BCUT2D eigenvalue weighted by Crippen LogP contribution is 2.28. The maximum absolute atomic E-state index is 4.80. The summed E-state index contributed by atoms with van der Waals surface area (Å²) in [7, 11) is 2.05. The fourth-order valence-electron chi connectivity index (χ4n) is 3.30. The molecule has 0 spiro atoms. The van der Waals surface area contributed by atoms with Crippen molar-refractivity contribution in [1.82, 2.24) is 19.5 Å². The second kappa shape index (κ2) is 6.21. The Morgan fingerprint density at radius 2 is 1.74 bits per heavy atom. The number of nitrogens with zero attached hydrogens (tertiary/aromatic N) is 4. The number of aromatic nitrogens is 4. The summed E-state index contributed by atoms with van der Waals surface area (Å²) in [5.41, 5.74) is 4.05. The molecule has 0 aliphatic rings. The molecule has 3 aromatic heterocycles. The van der Waals surface area contributed by atoms with Gasteiger partial charge in [-0.3, -0.25) is 4.98 Å². The SMILES string of the molecule is Cn1ccc2cc(Nc3nc(-c4ccncc4)nc4ccccc34)ccc21. The van der Waals surface area contributed by atoms with Gasteiger partial charge in [-0.05, 0) is 48.5 Å². The third kappa shape index (κ3) is 2.79. The summed E-state index contributed by atoms with van der Waals surface area (Å²) >= 11 is 0. The molecule has 0 aliphatic heterocycles. The molecule has 5 aromatic rings. The Hall–Kier alpha value is -3.73. The molecule has 130 valence electrons. The number of aryl methyl sites for hydroxylation is 1. The summed E-state index contributed by atoms with van der Waals surface area (Å²) in [6.07, 6.45) is 5.57. The van der Waals surface area contributed by atoms with E-state index in [-0.39, 0.29) is 0 Å². The second-order valence-corrected chi connectivity index (χ2v) is 6.47. The van der Waals surface area contributed by atoms with E-state index in [0.717, 1.165) is 28.0 Å². The van der Waals surface area contributed by atoms with E-state index in [4.69, 9.17) is 9.97 Å². The van der Waals surface area contributed by atoms with Crippen LogP contribution >= 0.6 is 0 Å². The molecule has 27 heavy (non-hydrogen) atoms. The summed E-state index contributed by atoms with van der Waals surface area (Å²) in [5, 5.41) is 5.66. The average molecular weight is 351 g/mol. The highest BCUT2D eigenvalue weighted by Gasteiger charge is 2.10. The zero-order chi connectivity index (χ0) is 18.2. The van der Waals surface area contributed by atoms with Gasteiger partial charge in [-0.2, -0.15) is 0 Å². The number of fused-ring (bicyclic) bond motifs is 2. The quantitative estimate of drug-likeness (QED) is 0.501. The van der Waals surface area contributed by atoms with E-state index in [2.05, 4.69) is 45.3 Å². The van der Waals surface area contributed by atoms with Crippen LogP contribution in [0.4, 0.5) is 11.5 Å². The lowest BCUT2D eigenvalue weighted by atomic mass is 10.2. The zero-order valence-electron chi connectivity index (χ0n) is 14.8. The smallest absolute Gasteiger partial charge is 0.162 e. The number of benzene rings is 2. The van der Waals surface area contributed by atoms with E-state index in [1.807, 2.05) is 43.4 Å². The first kappa shape index (κ1) is 15.5. The molecule has 5 heteroatoms. The molecule has 2 aromatic carbocycles. The van der Waals surface area contributed by atoms with Crippen LogP contribution in [0.1, 0.15) is 0 Å². The lowest BCUT2D eigenvalue weighted by molar-refractivity contribution is 0.969. The minimum Gasteiger partial charge on any atom is -0.351 e. The van der Waals surface area contributed by atoms with Crippen molar-refractivity contribution in [3.05, 3.63) is 79.3 Å². The fraction of sp³-hybridized carbons (Fsp3) is 0.0455. The highest BCUT2D eigenvalue weighted by molar-refractivity contribution is 5.93. The van der Waals surface area contributed by atoms with E-state index in [1.165, 1.54) is 10.9 Å². The van der Waals surface area contributed by atoms with Crippen molar-refractivity contribution >= 4 is 33.3 Å². The van der Waals surface area contributed by atoms with Crippen LogP contribution in [0, 0.1) is 0 Å². The van der Waals surface area contributed by atoms with E-state index < -0.39 is 0 Å². The summed E-state index contributed by atoms with van der Waals surface area (Å²) in [4.78, 5) is 13.6. The van der Waals surface area contributed by atoms with Gasteiger partial charge in [0.1, 0.15) is 5.82 Å². The number of para-hydroxylation sites is 1. The van der Waals surface area contributed by atoms with Crippen LogP contribution in [0.15, 0.2) is 79.3 Å². The number of nitrogens with one attached hydrogen (secondary N) is 1. The van der Waals surface area contributed by atoms with Crippen LogP contribution < -0.4 is 5.32 Å². The van der Waals surface area contributed by atoms with Gasteiger partial charge in [0.2, 0.25) is 0 Å². The van der Waals surface area contributed by atoms with Crippen LogP contribution in [0.3, 0.4) is 0 Å². The first-order chi connectivity index (χ1) is 13.3. The largest absolute Gasteiger partial charge is 0.351 e. The Morgan fingerprint density at radius 3 is 2.63 bits per heavy atom. The van der Waals surface area contributed by atoms with Crippen molar-refractivity contribution in [2.24, 2.45) is 7.05 Å². The summed E-state index contributed by atoms with van der Waals surface area (Å²) in [6, 6.07) is 20.3. The molecule has 5 rings (SSSR count). The standard InChI is InChI=1S/C22H17N5/c1-27-13-10-16-14-17(6-7-20(16)27)24-22-18-4-2-3-5-19(18)25-21(26-22)15-8-11-23-12-9-15/h2-14H,1H3,(H,24,25,26). The molecule has 0 radical (unpaired) electrons. The Balaban J connectivity index is 1.64. The van der Waals surface area contributed by atoms with Gasteiger partial charge in [0, 0.05) is 53.2 Å². The highest BCUT2D eigenvalue weighted by atomic mass is 15.0. The van der Waals surface area contributed by atoms with Crippen LogP contribution in [0.25, 0.3) is 33.2 Å². The predicted octanol–water partition coefficient (Wildman–Crippen LogP) is 4.93. The number of hydrogen-bond donors (Lipinski definition) is 1. The molecular weight excluding hydrogens is 334 g/mol. The Kier molecular flexibility index (Phi) is 3.57. The maximum atomic E-state index is 4.80. The molecule has 0 saturated carbocycles. The van der Waals surface area contributed by atoms with Crippen molar-refractivity contribution in [2.45, 2.75) is 0 Å². The molecule has 0 fully saturated rings. The van der Waals surface area contributed by atoms with E-state index in [1.54, 1.807) is 12.4 Å². The Bertz CT molecular complexity index is 1260. The average Bonchev–Trinajstić information content (AvgIpc) is 3.09. The summed E-state index contributed by atoms with van der Waals surface area (Å²) < 4.78 is 2.11. The first-order valence-corrected chi connectivity index (χ1v) is 8.77.